The molecule has 1 unspecified atom stereocenters. The number of imidazole rings is 1. The second-order valence-electron chi connectivity index (χ2n) is 5.46. The van der Waals surface area contributed by atoms with E-state index in [2.05, 4.69) is 14.7 Å². The molecular weight excluding hydrogens is 294 g/mol. The van der Waals surface area contributed by atoms with Gasteiger partial charge in [0.25, 0.3) is 10.0 Å². The van der Waals surface area contributed by atoms with E-state index in [9.17, 15) is 13.2 Å². The van der Waals surface area contributed by atoms with Crippen LogP contribution in [0.3, 0.4) is 0 Å². The molecule has 1 heterocycles. The first-order chi connectivity index (χ1) is 9.72. The molecule has 1 atom stereocenters. The summed E-state index contributed by atoms with van der Waals surface area (Å²) in [5.41, 5.74) is 0. The molecular formula is C13H23N3O4S. The molecule has 0 amide bonds. The minimum atomic E-state index is -3.58. The molecule has 0 fully saturated rings. The van der Waals surface area contributed by atoms with Gasteiger partial charge in [-0.15, -0.1) is 0 Å². The maximum absolute atomic E-state index is 12.0. The monoisotopic (exact) mass is 317 g/mol. The van der Waals surface area contributed by atoms with E-state index < -0.39 is 16.0 Å². The van der Waals surface area contributed by atoms with Gasteiger partial charge >= 0.3 is 5.97 Å². The standard InChI is InChI=1S/C13H23N3O4S/c1-9(2)11(4-5-13(17)18)6-7-15-21(19,20)12-8-14-10(3)16-12/h8-9,11,15H,4-7H2,1-3H3,(H,14,16)(H,17,18). The van der Waals surface area contributed by atoms with Crippen LogP contribution in [0.5, 0.6) is 0 Å². The molecule has 120 valence electrons. The average molecular weight is 317 g/mol. The fraction of sp³-hybridized carbons (Fsp3) is 0.692. The lowest BCUT2D eigenvalue weighted by atomic mass is 9.88. The number of sulfonamides is 1. The van der Waals surface area contributed by atoms with Gasteiger partial charge in [-0.1, -0.05) is 13.8 Å². The maximum Gasteiger partial charge on any atom is 0.303 e. The highest BCUT2D eigenvalue weighted by atomic mass is 32.2. The van der Waals surface area contributed by atoms with Crippen molar-refractivity contribution in [2.45, 2.75) is 45.1 Å². The van der Waals surface area contributed by atoms with Gasteiger partial charge in [0.05, 0.1) is 6.20 Å². The molecule has 1 aromatic rings. The number of aliphatic carboxylic acids is 1. The summed E-state index contributed by atoms with van der Waals surface area (Å²) in [6.07, 6.45) is 2.55. The first-order valence-corrected chi connectivity index (χ1v) is 8.43. The molecule has 8 heteroatoms. The topological polar surface area (TPSA) is 112 Å². The zero-order chi connectivity index (χ0) is 16.0. The number of H-pyrrole nitrogens is 1. The molecule has 0 bridgehead atoms. The number of aromatic nitrogens is 2. The number of hydrogen-bond acceptors (Lipinski definition) is 4. The van der Waals surface area contributed by atoms with Crippen molar-refractivity contribution < 1.29 is 18.3 Å². The van der Waals surface area contributed by atoms with Crippen LogP contribution >= 0.6 is 0 Å². The average Bonchev–Trinajstić information content (AvgIpc) is 2.80. The summed E-state index contributed by atoms with van der Waals surface area (Å²) >= 11 is 0. The summed E-state index contributed by atoms with van der Waals surface area (Å²) in [5.74, 6) is 0.196. The summed E-state index contributed by atoms with van der Waals surface area (Å²) in [6.45, 7) is 5.99. The third kappa shape index (κ3) is 5.84. The van der Waals surface area contributed by atoms with Gasteiger partial charge in [0.2, 0.25) is 0 Å². The Kier molecular flexibility index (Phi) is 6.35. The van der Waals surface area contributed by atoms with Gasteiger partial charge in [-0.05, 0) is 31.6 Å². The van der Waals surface area contributed by atoms with Crippen LogP contribution in [0.25, 0.3) is 0 Å². The molecule has 3 N–H and O–H groups in total. The lowest BCUT2D eigenvalue weighted by molar-refractivity contribution is -0.137. The molecule has 1 rings (SSSR count). The van der Waals surface area contributed by atoms with Crippen molar-refractivity contribution in [2.24, 2.45) is 11.8 Å². The molecule has 0 spiro atoms. The van der Waals surface area contributed by atoms with Gasteiger partial charge in [0, 0.05) is 13.0 Å². The van der Waals surface area contributed by atoms with Crippen molar-refractivity contribution in [3.63, 3.8) is 0 Å². The number of carbonyl (C=O) groups is 1. The van der Waals surface area contributed by atoms with Crippen LogP contribution in [-0.4, -0.2) is 36.0 Å². The van der Waals surface area contributed by atoms with E-state index in [4.69, 9.17) is 5.11 Å². The van der Waals surface area contributed by atoms with Crippen LogP contribution in [0.2, 0.25) is 0 Å². The minimum Gasteiger partial charge on any atom is -0.481 e. The van der Waals surface area contributed by atoms with Gasteiger partial charge in [-0.3, -0.25) is 4.79 Å². The molecule has 0 radical (unpaired) electrons. The Morgan fingerprint density at radius 3 is 2.57 bits per heavy atom. The van der Waals surface area contributed by atoms with Crippen molar-refractivity contribution in [1.29, 1.82) is 0 Å². The summed E-state index contributed by atoms with van der Waals surface area (Å²) in [6, 6.07) is 0. The van der Waals surface area contributed by atoms with Crippen molar-refractivity contribution >= 4 is 16.0 Å². The quantitative estimate of drug-likeness (QED) is 0.639. The Morgan fingerprint density at radius 2 is 2.10 bits per heavy atom. The summed E-state index contributed by atoms with van der Waals surface area (Å²) < 4.78 is 26.5. The van der Waals surface area contributed by atoms with Gasteiger partial charge in [0.15, 0.2) is 5.03 Å². The zero-order valence-electron chi connectivity index (χ0n) is 12.6. The second-order valence-corrected chi connectivity index (χ2v) is 7.19. The molecule has 0 aromatic carbocycles. The largest absolute Gasteiger partial charge is 0.481 e. The lowest BCUT2D eigenvalue weighted by Gasteiger charge is -2.20. The van der Waals surface area contributed by atoms with Crippen molar-refractivity contribution in [3.05, 3.63) is 12.0 Å². The highest BCUT2D eigenvalue weighted by molar-refractivity contribution is 7.89. The predicted octanol–water partition coefficient (Wildman–Crippen LogP) is 1.52. The van der Waals surface area contributed by atoms with Gasteiger partial charge in [0.1, 0.15) is 5.82 Å². The predicted molar refractivity (Wildman–Crippen MR) is 78.3 cm³/mol. The lowest BCUT2D eigenvalue weighted by Crippen LogP contribution is -2.27. The summed E-state index contributed by atoms with van der Waals surface area (Å²) in [7, 11) is -3.58. The summed E-state index contributed by atoms with van der Waals surface area (Å²) in [5, 5.41) is 8.78. The van der Waals surface area contributed by atoms with E-state index >= 15 is 0 Å². The van der Waals surface area contributed by atoms with Crippen molar-refractivity contribution in [1.82, 2.24) is 14.7 Å². The molecule has 0 aliphatic heterocycles. The molecule has 7 nitrogen and oxygen atoms in total. The van der Waals surface area contributed by atoms with Gasteiger partial charge in [-0.25, -0.2) is 18.1 Å². The highest BCUT2D eigenvalue weighted by Gasteiger charge is 2.19. The van der Waals surface area contributed by atoms with Gasteiger partial charge in [-0.2, -0.15) is 0 Å². The normalized spacial score (nSPS) is 13.5. The fourth-order valence-electron chi connectivity index (χ4n) is 2.11. The van der Waals surface area contributed by atoms with Crippen LogP contribution in [0.4, 0.5) is 0 Å². The SMILES string of the molecule is Cc1ncc(S(=O)(=O)NCCC(CCC(=O)O)C(C)C)[nH]1. The number of rotatable bonds is 9. The Hall–Kier alpha value is -1.41. The third-order valence-corrected chi connectivity index (χ3v) is 4.82. The van der Waals surface area contributed by atoms with Crippen LogP contribution in [-0.2, 0) is 14.8 Å². The van der Waals surface area contributed by atoms with E-state index in [1.165, 1.54) is 6.20 Å². The smallest absolute Gasteiger partial charge is 0.303 e. The molecule has 1 aromatic heterocycles. The first kappa shape index (κ1) is 17.6. The number of nitrogens with zero attached hydrogens (tertiary/aromatic N) is 1. The molecule has 0 saturated heterocycles. The fourth-order valence-corrected chi connectivity index (χ4v) is 3.13. The number of aromatic amines is 1. The van der Waals surface area contributed by atoms with E-state index in [1.807, 2.05) is 13.8 Å². The number of nitrogens with one attached hydrogen (secondary N) is 2. The Morgan fingerprint density at radius 1 is 1.43 bits per heavy atom. The number of hydrogen-bond donors (Lipinski definition) is 3. The molecule has 0 aliphatic carbocycles. The number of aryl methyl sites for hydroxylation is 1. The maximum atomic E-state index is 12.0. The Balaban J connectivity index is 2.51. The second kappa shape index (κ2) is 7.56. The van der Waals surface area contributed by atoms with Crippen molar-refractivity contribution in [3.8, 4) is 0 Å². The first-order valence-electron chi connectivity index (χ1n) is 6.95. The van der Waals surface area contributed by atoms with Crippen LogP contribution in [0.1, 0.15) is 38.9 Å². The highest BCUT2D eigenvalue weighted by Crippen LogP contribution is 2.20. The zero-order valence-corrected chi connectivity index (χ0v) is 13.4. The van der Waals surface area contributed by atoms with E-state index in [-0.39, 0.29) is 23.9 Å². The number of carboxylic acid groups (broad SMARTS) is 1. The Labute approximate surface area is 125 Å². The van der Waals surface area contributed by atoms with Gasteiger partial charge < -0.3 is 10.1 Å². The van der Waals surface area contributed by atoms with Crippen LogP contribution < -0.4 is 4.72 Å². The molecule has 21 heavy (non-hydrogen) atoms. The third-order valence-electron chi connectivity index (χ3n) is 3.45. The molecule has 0 aliphatic rings. The molecule has 0 saturated carbocycles. The van der Waals surface area contributed by atoms with Crippen LogP contribution in [0.15, 0.2) is 11.2 Å². The van der Waals surface area contributed by atoms with E-state index in [0.717, 1.165) is 0 Å². The number of carboxylic acids is 1. The van der Waals surface area contributed by atoms with Crippen LogP contribution in [0, 0.1) is 18.8 Å². The summed E-state index contributed by atoms with van der Waals surface area (Å²) in [4.78, 5) is 17.2. The Bertz CT molecular complexity index is 566. The van der Waals surface area contributed by atoms with E-state index in [1.54, 1.807) is 6.92 Å². The minimum absolute atomic E-state index is 0.0478. The van der Waals surface area contributed by atoms with E-state index in [0.29, 0.717) is 24.6 Å². The van der Waals surface area contributed by atoms with Crippen molar-refractivity contribution in [2.75, 3.05) is 6.54 Å².